The summed E-state index contributed by atoms with van der Waals surface area (Å²) in [5.74, 6) is 0.447. The van der Waals surface area contributed by atoms with Gasteiger partial charge in [0, 0.05) is 29.7 Å². The fourth-order valence-electron chi connectivity index (χ4n) is 3.12. The Morgan fingerprint density at radius 2 is 2.13 bits per heavy atom. The van der Waals surface area contributed by atoms with E-state index in [1.807, 2.05) is 13.0 Å². The van der Waals surface area contributed by atoms with Gasteiger partial charge in [-0.15, -0.1) is 11.6 Å². The topological polar surface area (TPSA) is 107 Å². The number of alkyl halides is 1. The minimum absolute atomic E-state index is 0.0654. The van der Waals surface area contributed by atoms with E-state index < -0.39 is 10.0 Å². The Morgan fingerprint density at radius 3 is 2.84 bits per heavy atom. The molecule has 1 aromatic carbocycles. The molecule has 0 bridgehead atoms. The van der Waals surface area contributed by atoms with E-state index in [0.29, 0.717) is 41.2 Å². The van der Waals surface area contributed by atoms with Gasteiger partial charge in [-0.05, 0) is 30.7 Å². The second kappa shape index (κ2) is 10.3. The first-order valence-electron chi connectivity index (χ1n) is 9.84. The summed E-state index contributed by atoms with van der Waals surface area (Å²) in [6.07, 6.45) is 5.97. The standard InChI is InChI=1S/C21H25ClN2O6S/c1-3-4-9-29-13-23-31(26,27)19-8-7-17(28-2)21-16(19)11-18(30-21)14-5-6-15(10-14)24-20(25)12-22/h5,7-8,10-11,23H,3-4,6,9,12-13H2,1-2H3,(H,24,25). The zero-order valence-electron chi connectivity index (χ0n) is 17.4. The number of benzene rings is 1. The van der Waals surface area contributed by atoms with Gasteiger partial charge in [-0.3, -0.25) is 4.79 Å². The molecule has 2 aromatic rings. The maximum Gasteiger partial charge on any atom is 0.243 e. The van der Waals surface area contributed by atoms with E-state index in [4.69, 9.17) is 25.5 Å². The molecule has 0 unspecified atom stereocenters. The van der Waals surface area contributed by atoms with Gasteiger partial charge in [0.1, 0.15) is 18.4 Å². The normalized spacial score (nSPS) is 13.9. The van der Waals surface area contributed by atoms with Crippen LogP contribution >= 0.6 is 11.6 Å². The third kappa shape index (κ3) is 5.48. The minimum atomic E-state index is -3.84. The molecule has 0 fully saturated rings. The number of allylic oxidation sites excluding steroid dienone is 3. The van der Waals surface area contributed by atoms with Crippen molar-refractivity contribution in [3.63, 3.8) is 0 Å². The predicted octanol–water partition coefficient (Wildman–Crippen LogP) is 3.52. The summed E-state index contributed by atoms with van der Waals surface area (Å²) < 4.78 is 44.8. The fourth-order valence-corrected chi connectivity index (χ4v) is 4.27. The number of unbranched alkanes of at least 4 members (excludes halogenated alkanes) is 1. The molecule has 1 amide bonds. The van der Waals surface area contributed by atoms with Crippen molar-refractivity contribution in [2.24, 2.45) is 0 Å². The number of ether oxygens (including phenoxy) is 2. The lowest BCUT2D eigenvalue weighted by Crippen LogP contribution is -2.26. The van der Waals surface area contributed by atoms with Crippen LogP contribution in [-0.2, 0) is 19.6 Å². The van der Waals surface area contributed by atoms with Crippen LogP contribution in [0, 0.1) is 0 Å². The van der Waals surface area contributed by atoms with E-state index in [9.17, 15) is 13.2 Å². The zero-order chi connectivity index (χ0) is 22.4. The van der Waals surface area contributed by atoms with Crippen LogP contribution in [0.1, 0.15) is 31.9 Å². The summed E-state index contributed by atoms with van der Waals surface area (Å²) >= 11 is 5.53. The van der Waals surface area contributed by atoms with Crippen molar-refractivity contribution in [3.05, 3.63) is 41.8 Å². The smallest absolute Gasteiger partial charge is 0.243 e. The summed E-state index contributed by atoms with van der Waals surface area (Å²) in [6, 6.07) is 4.67. The lowest BCUT2D eigenvalue weighted by Gasteiger charge is -2.09. The SMILES string of the molecule is CCCCOCNS(=O)(=O)c1ccc(OC)c2oc(C3=CCC(NC(=O)CCl)=C3)cc12. The van der Waals surface area contributed by atoms with E-state index >= 15 is 0 Å². The van der Waals surface area contributed by atoms with Crippen LogP contribution in [0.15, 0.2) is 45.4 Å². The van der Waals surface area contributed by atoms with Crippen molar-refractivity contribution >= 4 is 44.1 Å². The largest absolute Gasteiger partial charge is 0.493 e. The molecule has 0 spiro atoms. The number of nitrogens with one attached hydrogen (secondary N) is 2. The summed E-state index contributed by atoms with van der Waals surface area (Å²) in [6.45, 7) is 2.40. The van der Waals surface area contributed by atoms with Crippen LogP contribution in [-0.4, -0.2) is 40.7 Å². The molecule has 1 aromatic heterocycles. The van der Waals surface area contributed by atoms with Crippen LogP contribution in [0.2, 0.25) is 0 Å². The Morgan fingerprint density at radius 1 is 1.32 bits per heavy atom. The summed E-state index contributed by atoms with van der Waals surface area (Å²) in [7, 11) is -2.35. The number of methoxy groups -OCH3 is 1. The van der Waals surface area contributed by atoms with Gasteiger partial charge in [-0.1, -0.05) is 19.4 Å². The minimum Gasteiger partial charge on any atom is -0.493 e. The van der Waals surface area contributed by atoms with Crippen molar-refractivity contribution < 1.29 is 27.1 Å². The summed E-state index contributed by atoms with van der Waals surface area (Å²) in [5.41, 5.74) is 1.73. The number of sulfonamides is 1. The van der Waals surface area contributed by atoms with Gasteiger partial charge in [0.15, 0.2) is 11.3 Å². The Kier molecular flexibility index (Phi) is 7.77. The van der Waals surface area contributed by atoms with E-state index in [1.165, 1.54) is 13.2 Å². The van der Waals surface area contributed by atoms with Gasteiger partial charge in [-0.2, -0.15) is 4.72 Å². The van der Waals surface area contributed by atoms with Crippen molar-refractivity contribution in [1.29, 1.82) is 0 Å². The third-order valence-electron chi connectivity index (χ3n) is 4.69. The first-order valence-corrected chi connectivity index (χ1v) is 11.9. The van der Waals surface area contributed by atoms with Crippen LogP contribution in [0.5, 0.6) is 5.75 Å². The molecule has 2 N–H and O–H groups in total. The Hall–Kier alpha value is -2.33. The highest BCUT2D eigenvalue weighted by Crippen LogP contribution is 2.37. The number of carbonyl (C=O) groups is 1. The van der Waals surface area contributed by atoms with Gasteiger partial charge in [0.25, 0.3) is 0 Å². The van der Waals surface area contributed by atoms with Gasteiger partial charge < -0.3 is 19.2 Å². The number of carbonyl (C=O) groups excluding carboxylic acids is 1. The van der Waals surface area contributed by atoms with E-state index in [2.05, 4.69) is 10.0 Å². The summed E-state index contributed by atoms with van der Waals surface area (Å²) in [5, 5.41) is 3.10. The number of amides is 1. The van der Waals surface area contributed by atoms with E-state index in [-0.39, 0.29) is 23.4 Å². The number of rotatable bonds is 11. The summed E-state index contributed by atoms with van der Waals surface area (Å²) in [4.78, 5) is 11.6. The lowest BCUT2D eigenvalue weighted by molar-refractivity contribution is -0.118. The third-order valence-corrected chi connectivity index (χ3v) is 6.36. The Balaban J connectivity index is 1.90. The first-order chi connectivity index (χ1) is 14.9. The first kappa shape index (κ1) is 23.3. The molecule has 168 valence electrons. The van der Waals surface area contributed by atoms with E-state index in [1.54, 1.807) is 18.2 Å². The molecule has 0 saturated heterocycles. The molecule has 0 atom stereocenters. The van der Waals surface area contributed by atoms with Gasteiger partial charge in [0.2, 0.25) is 15.9 Å². The highest BCUT2D eigenvalue weighted by atomic mass is 35.5. The number of hydrogen-bond donors (Lipinski definition) is 2. The molecule has 0 saturated carbocycles. The monoisotopic (exact) mass is 468 g/mol. The highest BCUT2D eigenvalue weighted by Gasteiger charge is 2.23. The quantitative estimate of drug-likeness (QED) is 0.297. The molecule has 1 aliphatic carbocycles. The zero-order valence-corrected chi connectivity index (χ0v) is 18.9. The molecule has 8 nitrogen and oxygen atoms in total. The van der Waals surface area contributed by atoms with Crippen LogP contribution in [0.25, 0.3) is 16.5 Å². The number of fused-ring (bicyclic) bond motifs is 1. The van der Waals surface area contributed by atoms with Crippen molar-refractivity contribution in [2.45, 2.75) is 31.1 Å². The maximum atomic E-state index is 12.9. The molecule has 3 rings (SSSR count). The number of hydrogen-bond acceptors (Lipinski definition) is 6. The van der Waals surface area contributed by atoms with Gasteiger partial charge >= 0.3 is 0 Å². The Bertz CT molecular complexity index is 1120. The molecule has 1 heterocycles. The molecule has 31 heavy (non-hydrogen) atoms. The van der Waals surface area contributed by atoms with Crippen LogP contribution < -0.4 is 14.8 Å². The van der Waals surface area contributed by atoms with Crippen LogP contribution in [0.4, 0.5) is 0 Å². The average molecular weight is 469 g/mol. The van der Waals surface area contributed by atoms with Gasteiger partial charge in [0.05, 0.1) is 12.0 Å². The second-order valence-electron chi connectivity index (χ2n) is 6.89. The number of furan rings is 1. The van der Waals surface area contributed by atoms with Gasteiger partial charge in [-0.25, -0.2) is 8.42 Å². The predicted molar refractivity (Wildman–Crippen MR) is 118 cm³/mol. The molecule has 0 aliphatic heterocycles. The van der Waals surface area contributed by atoms with Crippen molar-refractivity contribution in [2.75, 3.05) is 26.3 Å². The lowest BCUT2D eigenvalue weighted by atomic mass is 10.2. The molecular formula is C21H25ClN2O6S. The second-order valence-corrected chi connectivity index (χ2v) is 8.89. The van der Waals surface area contributed by atoms with E-state index in [0.717, 1.165) is 18.4 Å². The molecular weight excluding hydrogens is 444 g/mol. The molecule has 10 heteroatoms. The Labute approximate surface area is 186 Å². The van der Waals surface area contributed by atoms with Crippen molar-refractivity contribution in [1.82, 2.24) is 10.0 Å². The van der Waals surface area contributed by atoms with Crippen molar-refractivity contribution in [3.8, 4) is 5.75 Å². The molecule has 1 aliphatic rings. The average Bonchev–Trinajstić information content (AvgIpc) is 3.39. The molecule has 0 radical (unpaired) electrons. The van der Waals surface area contributed by atoms with Crippen LogP contribution in [0.3, 0.4) is 0 Å². The fraction of sp³-hybridized carbons (Fsp3) is 0.381. The maximum absolute atomic E-state index is 12.9. The highest BCUT2D eigenvalue weighted by molar-refractivity contribution is 7.89. The number of halogens is 1.